The Morgan fingerprint density at radius 2 is 1.88 bits per heavy atom. The summed E-state index contributed by atoms with van der Waals surface area (Å²) in [6.07, 6.45) is 0. The van der Waals surface area contributed by atoms with Gasteiger partial charge in [0.05, 0.1) is 5.52 Å². The van der Waals surface area contributed by atoms with Gasteiger partial charge in [-0.1, -0.05) is 45.9 Å². The molecular formula is C20H29N3O2. The fraction of sp³-hybridized carbons (Fsp3) is 0.500. The number of para-hydroxylation sites is 1. The molecule has 5 heteroatoms. The first-order chi connectivity index (χ1) is 12.0. The zero-order valence-electron chi connectivity index (χ0n) is 15.7. The van der Waals surface area contributed by atoms with Crippen molar-refractivity contribution in [3.8, 4) is 0 Å². The van der Waals surface area contributed by atoms with Gasteiger partial charge in [-0.25, -0.2) is 0 Å². The molecular weight excluding hydrogens is 314 g/mol. The number of benzene rings is 1. The number of nitrogens with one attached hydrogen (secondary N) is 1. The van der Waals surface area contributed by atoms with E-state index in [0.29, 0.717) is 19.0 Å². The van der Waals surface area contributed by atoms with Gasteiger partial charge in [-0.2, -0.15) is 0 Å². The van der Waals surface area contributed by atoms with Crippen molar-refractivity contribution in [1.82, 2.24) is 14.8 Å². The lowest BCUT2D eigenvalue weighted by atomic mass is 10.1. The van der Waals surface area contributed by atoms with Gasteiger partial charge in [0.1, 0.15) is 5.56 Å². The average molecular weight is 343 g/mol. The Morgan fingerprint density at radius 3 is 2.52 bits per heavy atom. The third-order valence-corrected chi connectivity index (χ3v) is 4.40. The number of carbonyl (C=O) groups excluding carboxylic acids is 1. The van der Waals surface area contributed by atoms with Crippen molar-refractivity contribution in [1.29, 1.82) is 0 Å². The summed E-state index contributed by atoms with van der Waals surface area (Å²) in [5, 5.41) is 3.80. The zero-order valence-corrected chi connectivity index (χ0v) is 15.7. The normalized spacial score (nSPS) is 11.4. The van der Waals surface area contributed by atoms with Gasteiger partial charge in [0, 0.05) is 19.6 Å². The number of pyridine rings is 1. The Morgan fingerprint density at radius 1 is 1.20 bits per heavy atom. The number of rotatable bonds is 8. The zero-order chi connectivity index (χ0) is 18.4. The van der Waals surface area contributed by atoms with Crippen molar-refractivity contribution in [2.45, 2.75) is 34.2 Å². The number of nitrogens with zero attached hydrogens (tertiary/aromatic N) is 2. The largest absolute Gasteiger partial charge is 0.351 e. The first-order valence-electron chi connectivity index (χ1n) is 9.11. The quantitative estimate of drug-likeness (QED) is 0.802. The van der Waals surface area contributed by atoms with Gasteiger partial charge in [-0.15, -0.1) is 0 Å². The second kappa shape index (κ2) is 8.81. The summed E-state index contributed by atoms with van der Waals surface area (Å²) in [6.45, 7) is 12.1. The molecule has 2 aromatic rings. The Kier molecular flexibility index (Phi) is 6.76. The van der Waals surface area contributed by atoms with E-state index in [-0.39, 0.29) is 17.0 Å². The van der Waals surface area contributed by atoms with Gasteiger partial charge in [0.2, 0.25) is 0 Å². The van der Waals surface area contributed by atoms with Crippen LogP contribution in [0.5, 0.6) is 0 Å². The van der Waals surface area contributed by atoms with Crippen molar-refractivity contribution >= 4 is 16.8 Å². The van der Waals surface area contributed by atoms with Crippen LogP contribution in [-0.2, 0) is 6.54 Å². The molecule has 1 N–H and O–H groups in total. The van der Waals surface area contributed by atoms with Crippen LogP contribution >= 0.6 is 0 Å². The molecule has 0 aliphatic rings. The van der Waals surface area contributed by atoms with Gasteiger partial charge in [0.15, 0.2) is 0 Å². The fourth-order valence-corrected chi connectivity index (χ4v) is 3.00. The van der Waals surface area contributed by atoms with Crippen molar-refractivity contribution in [3.63, 3.8) is 0 Å². The molecule has 5 nitrogen and oxygen atoms in total. The highest BCUT2D eigenvalue weighted by Gasteiger charge is 2.16. The van der Waals surface area contributed by atoms with Crippen LogP contribution in [0.25, 0.3) is 10.9 Å². The molecule has 0 saturated carbocycles. The molecule has 0 fully saturated rings. The molecule has 1 aromatic heterocycles. The van der Waals surface area contributed by atoms with E-state index >= 15 is 0 Å². The van der Waals surface area contributed by atoms with Gasteiger partial charge >= 0.3 is 0 Å². The number of fused-ring (bicyclic) bond motifs is 1. The molecule has 1 amide bonds. The second-order valence-electron chi connectivity index (χ2n) is 6.71. The van der Waals surface area contributed by atoms with Crippen molar-refractivity contribution in [2.75, 3.05) is 26.2 Å². The standard InChI is InChI=1S/C20H29N3O2/c1-5-22(6-2)12-11-21-19(24)17-13-16-9-7-8-10-18(16)23(20(17)25)14-15(3)4/h7-10,13,15H,5-6,11-12,14H2,1-4H3,(H,21,24). The molecule has 1 aromatic carbocycles. The van der Waals surface area contributed by atoms with Crippen molar-refractivity contribution in [2.24, 2.45) is 5.92 Å². The maximum absolute atomic E-state index is 12.9. The monoisotopic (exact) mass is 343 g/mol. The minimum absolute atomic E-state index is 0.215. The summed E-state index contributed by atoms with van der Waals surface area (Å²) in [5.41, 5.74) is 0.882. The second-order valence-corrected chi connectivity index (χ2v) is 6.71. The molecule has 0 atom stereocenters. The number of carbonyl (C=O) groups is 1. The lowest BCUT2D eigenvalue weighted by Crippen LogP contribution is -2.38. The summed E-state index contributed by atoms with van der Waals surface area (Å²) >= 11 is 0. The number of amides is 1. The molecule has 25 heavy (non-hydrogen) atoms. The maximum Gasteiger partial charge on any atom is 0.263 e. The maximum atomic E-state index is 12.9. The van der Waals surface area contributed by atoms with Crippen LogP contribution in [0.3, 0.4) is 0 Å². The van der Waals surface area contributed by atoms with Gasteiger partial charge in [-0.05, 0) is 36.5 Å². The molecule has 0 bridgehead atoms. The average Bonchev–Trinajstić information content (AvgIpc) is 2.60. The Bertz CT molecular complexity index is 776. The van der Waals surface area contributed by atoms with E-state index in [1.807, 2.05) is 24.3 Å². The molecule has 0 unspecified atom stereocenters. The number of hydrogen-bond donors (Lipinski definition) is 1. The number of hydrogen-bond acceptors (Lipinski definition) is 3. The molecule has 0 aliphatic carbocycles. The summed E-state index contributed by atoms with van der Waals surface area (Å²) in [6, 6.07) is 9.43. The topological polar surface area (TPSA) is 54.3 Å². The van der Waals surface area contributed by atoms with Gasteiger partial charge in [0.25, 0.3) is 11.5 Å². The minimum Gasteiger partial charge on any atom is -0.351 e. The molecule has 1 heterocycles. The van der Waals surface area contributed by atoms with Gasteiger partial charge in [-0.3, -0.25) is 9.59 Å². The number of aromatic nitrogens is 1. The SMILES string of the molecule is CCN(CC)CCNC(=O)c1cc2ccccc2n(CC(C)C)c1=O. The van der Waals surface area contributed by atoms with E-state index in [1.54, 1.807) is 10.6 Å². The smallest absolute Gasteiger partial charge is 0.263 e. The van der Waals surface area contributed by atoms with E-state index in [4.69, 9.17) is 0 Å². The molecule has 2 rings (SSSR count). The Hall–Kier alpha value is -2.14. The third-order valence-electron chi connectivity index (χ3n) is 4.40. The molecule has 136 valence electrons. The highest BCUT2D eigenvalue weighted by molar-refractivity contribution is 5.97. The van der Waals surface area contributed by atoms with E-state index < -0.39 is 0 Å². The third kappa shape index (κ3) is 4.69. The first kappa shape index (κ1) is 19.2. The Balaban J connectivity index is 2.29. The predicted molar refractivity (Wildman–Crippen MR) is 103 cm³/mol. The molecule has 0 radical (unpaired) electrons. The summed E-state index contributed by atoms with van der Waals surface area (Å²) in [4.78, 5) is 27.7. The molecule has 0 spiro atoms. The Labute approximate surface area is 149 Å². The highest BCUT2D eigenvalue weighted by Crippen LogP contribution is 2.15. The lowest BCUT2D eigenvalue weighted by molar-refractivity contribution is 0.0947. The molecule has 0 saturated heterocycles. The first-order valence-corrected chi connectivity index (χ1v) is 9.11. The molecule has 0 aliphatic heterocycles. The van der Waals surface area contributed by atoms with Crippen LogP contribution in [0.1, 0.15) is 38.1 Å². The summed E-state index contributed by atoms with van der Waals surface area (Å²) in [7, 11) is 0. The lowest BCUT2D eigenvalue weighted by Gasteiger charge is -2.18. The minimum atomic E-state index is -0.291. The van der Waals surface area contributed by atoms with Crippen LogP contribution in [0, 0.1) is 5.92 Å². The summed E-state index contributed by atoms with van der Waals surface area (Å²) < 4.78 is 1.72. The highest BCUT2D eigenvalue weighted by atomic mass is 16.2. The van der Waals surface area contributed by atoms with Crippen LogP contribution in [0.4, 0.5) is 0 Å². The van der Waals surface area contributed by atoms with Crippen LogP contribution < -0.4 is 10.9 Å². The van der Waals surface area contributed by atoms with E-state index in [9.17, 15) is 9.59 Å². The van der Waals surface area contributed by atoms with E-state index in [0.717, 1.165) is 30.5 Å². The van der Waals surface area contributed by atoms with Crippen LogP contribution in [0.15, 0.2) is 35.1 Å². The van der Waals surface area contributed by atoms with Crippen LogP contribution in [-0.4, -0.2) is 41.6 Å². The summed E-state index contributed by atoms with van der Waals surface area (Å²) in [5.74, 6) is 0.0301. The van der Waals surface area contributed by atoms with E-state index in [2.05, 4.69) is 37.9 Å². The predicted octanol–water partition coefficient (Wildman–Crippen LogP) is 2.73. The van der Waals surface area contributed by atoms with Crippen LogP contribution in [0.2, 0.25) is 0 Å². The van der Waals surface area contributed by atoms with Gasteiger partial charge < -0.3 is 14.8 Å². The van der Waals surface area contributed by atoms with E-state index in [1.165, 1.54) is 0 Å². The fourth-order valence-electron chi connectivity index (χ4n) is 3.00. The van der Waals surface area contributed by atoms with Crippen molar-refractivity contribution in [3.05, 3.63) is 46.2 Å². The number of likely N-dealkylation sites (N-methyl/N-ethyl adjacent to an activating group) is 1. The van der Waals surface area contributed by atoms with Crippen molar-refractivity contribution < 1.29 is 4.79 Å².